The molecule has 0 aromatic heterocycles. The van der Waals surface area contributed by atoms with Gasteiger partial charge in [-0.15, -0.1) is 0 Å². The van der Waals surface area contributed by atoms with E-state index < -0.39 is 4.59 Å². The second-order valence-electron chi connectivity index (χ2n) is 0.834. The molecule has 0 nitrogen and oxygen atoms in total. The van der Waals surface area contributed by atoms with Gasteiger partial charge in [-0.3, -0.25) is 0 Å². The van der Waals surface area contributed by atoms with Crippen molar-refractivity contribution in [3.63, 3.8) is 0 Å². The van der Waals surface area contributed by atoms with E-state index in [-0.39, 0.29) is 6.33 Å². The lowest BCUT2D eigenvalue weighted by Crippen LogP contribution is -1.94. The van der Waals surface area contributed by atoms with Crippen LogP contribution < -0.4 is 0 Å². The van der Waals surface area contributed by atoms with E-state index in [4.69, 9.17) is 0 Å². The highest BCUT2D eigenvalue weighted by atomic mass is 35.5. The van der Waals surface area contributed by atoms with Crippen molar-refractivity contribution in [2.24, 2.45) is 0 Å². The number of hydrogen-bond acceptors (Lipinski definition) is 0. The average Bonchev–Trinajstić information content (AvgIpc) is 1.30. The van der Waals surface area contributed by atoms with E-state index in [0.29, 0.717) is 6.08 Å². The van der Waals surface area contributed by atoms with Gasteiger partial charge in [0.25, 0.3) is 4.59 Å². The van der Waals surface area contributed by atoms with Gasteiger partial charge in [-0.05, 0) is 0 Å². The fraction of sp³-hybridized carbons (Fsp3) is 0.333. The first-order valence-electron chi connectivity index (χ1n) is 1.41. The Labute approximate surface area is 49.7 Å². The van der Waals surface area contributed by atoms with Gasteiger partial charge in [0.2, 0.25) is 0 Å². The van der Waals surface area contributed by atoms with Crippen LogP contribution >= 0.6 is 23.2 Å². The Kier molecular flexibility index (Phi) is 2.54. The molecule has 0 N–H and O–H groups in total. The molecule has 0 bridgehead atoms. The van der Waals surface area contributed by atoms with E-state index in [2.05, 4.69) is 23.2 Å². The second kappa shape index (κ2) is 2.48. The molecule has 0 heterocycles. The van der Waals surface area contributed by atoms with Crippen LogP contribution in [0.2, 0.25) is 0 Å². The molecule has 0 fully saturated rings. The van der Waals surface area contributed by atoms with Gasteiger partial charge in [0.15, 0.2) is 0 Å². The summed E-state index contributed by atoms with van der Waals surface area (Å²) in [6.45, 7) is 0. The molecule has 0 saturated carbocycles. The summed E-state index contributed by atoms with van der Waals surface area (Å²) < 4.78 is 19.9. The van der Waals surface area contributed by atoms with Crippen molar-refractivity contribution in [3.05, 3.63) is 12.4 Å². The summed E-state index contributed by atoms with van der Waals surface area (Å²) in [6, 6.07) is 0. The van der Waals surface area contributed by atoms with E-state index in [1.165, 1.54) is 0 Å². The minimum absolute atomic E-state index is 0.0556. The largest absolute Gasteiger partial charge is 0.278 e. The van der Waals surface area contributed by atoms with Gasteiger partial charge in [0, 0.05) is 6.08 Å². The summed E-state index contributed by atoms with van der Waals surface area (Å²) in [4.78, 5) is 0. The van der Waals surface area contributed by atoms with Gasteiger partial charge in [-0.2, -0.15) is 0 Å². The van der Waals surface area contributed by atoms with E-state index in [0.717, 1.165) is 0 Å². The van der Waals surface area contributed by atoms with Crippen molar-refractivity contribution < 1.29 is 8.78 Å². The van der Waals surface area contributed by atoms with Gasteiger partial charge in [-0.1, -0.05) is 23.2 Å². The summed E-state index contributed by atoms with van der Waals surface area (Å²) in [6.07, 6.45) is 0.329. The third kappa shape index (κ3) is 6.18. The Balaban J connectivity index is 3.56. The molecule has 4 heteroatoms. The highest BCUT2D eigenvalue weighted by Gasteiger charge is 2.15. The standard InChI is InChI=1S/C3H2Cl2F2/c4-3(5,7)1-2-6/h1-2H/b2-1+. The monoisotopic (exact) mass is 146 g/mol. The van der Waals surface area contributed by atoms with Crippen LogP contribution in [0.3, 0.4) is 0 Å². The second-order valence-corrected chi connectivity index (χ2v) is 2.13. The predicted octanol–water partition coefficient (Wildman–Crippen LogP) is 2.57. The fourth-order valence-electron chi connectivity index (χ4n) is 0.0714. The molecule has 42 valence electrons. The van der Waals surface area contributed by atoms with Crippen molar-refractivity contribution in [1.29, 1.82) is 0 Å². The summed E-state index contributed by atoms with van der Waals surface area (Å²) in [7, 11) is 0. The molecular formula is C3H2Cl2F2. The Hall–Kier alpha value is 0.180. The molecule has 0 aliphatic heterocycles. The van der Waals surface area contributed by atoms with Crippen molar-refractivity contribution in [1.82, 2.24) is 0 Å². The Morgan fingerprint density at radius 1 is 1.43 bits per heavy atom. The first-order valence-corrected chi connectivity index (χ1v) is 2.16. The van der Waals surface area contributed by atoms with Crippen LogP contribution in [0.15, 0.2) is 12.4 Å². The molecule has 0 spiro atoms. The van der Waals surface area contributed by atoms with Crippen LogP contribution in [0.5, 0.6) is 0 Å². The highest BCUT2D eigenvalue weighted by Crippen LogP contribution is 2.23. The van der Waals surface area contributed by atoms with Crippen LogP contribution in [0.1, 0.15) is 0 Å². The van der Waals surface area contributed by atoms with Gasteiger partial charge < -0.3 is 0 Å². The fourth-order valence-corrected chi connectivity index (χ4v) is 0.167. The molecule has 0 aromatic rings. The Morgan fingerprint density at radius 3 is 1.86 bits per heavy atom. The molecule has 0 rings (SSSR count). The molecule has 0 unspecified atom stereocenters. The summed E-state index contributed by atoms with van der Waals surface area (Å²) >= 11 is 9.21. The molecule has 7 heavy (non-hydrogen) atoms. The summed E-state index contributed by atoms with van der Waals surface area (Å²) in [5, 5.41) is 0. The van der Waals surface area contributed by atoms with Crippen LogP contribution in [0, 0.1) is 0 Å². The molecule has 0 radical (unpaired) electrons. The van der Waals surface area contributed by atoms with Gasteiger partial charge in [-0.25, -0.2) is 8.78 Å². The third-order valence-corrected chi connectivity index (χ3v) is 0.504. The maximum absolute atomic E-state index is 11.6. The quantitative estimate of drug-likeness (QED) is 0.500. The lowest BCUT2D eigenvalue weighted by molar-refractivity contribution is 0.458. The molecular weight excluding hydrogens is 145 g/mol. The first-order chi connectivity index (χ1) is 3.06. The maximum Gasteiger partial charge on any atom is 0.278 e. The van der Waals surface area contributed by atoms with Crippen molar-refractivity contribution in [3.8, 4) is 0 Å². The lowest BCUT2D eigenvalue weighted by Gasteiger charge is -1.96. The number of allylic oxidation sites excluding steroid dienone is 1. The van der Waals surface area contributed by atoms with Crippen LogP contribution in [-0.2, 0) is 0 Å². The maximum atomic E-state index is 11.6. The lowest BCUT2D eigenvalue weighted by atomic mass is 10.7. The average molecular weight is 147 g/mol. The third-order valence-electron chi connectivity index (χ3n) is 0.252. The van der Waals surface area contributed by atoms with Gasteiger partial charge in [0.1, 0.15) is 0 Å². The zero-order valence-electron chi connectivity index (χ0n) is 3.17. The van der Waals surface area contributed by atoms with Crippen molar-refractivity contribution in [2.45, 2.75) is 4.59 Å². The normalized spacial score (nSPS) is 13.1. The molecule has 0 amide bonds. The SMILES string of the molecule is F/C=C/C(F)(Cl)Cl. The number of halogens is 4. The molecule has 0 aliphatic rings. The molecule has 0 atom stereocenters. The van der Waals surface area contributed by atoms with Crippen LogP contribution in [-0.4, -0.2) is 4.59 Å². The minimum Gasteiger partial charge on any atom is -0.216 e. The predicted molar refractivity (Wildman–Crippen MR) is 25.8 cm³/mol. The zero-order valence-corrected chi connectivity index (χ0v) is 4.68. The van der Waals surface area contributed by atoms with E-state index in [1.54, 1.807) is 0 Å². The topological polar surface area (TPSA) is 0 Å². The zero-order chi connectivity index (χ0) is 5.91. The Morgan fingerprint density at radius 2 is 1.86 bits per heavy atom. The Bertz CT molecular complexity index is 73.5. The first kappa shape index (κ1) is 7.18. The number of hydrogen-bond donors (Lipinski definition) is 0. The highest BCUT2D eigenvalue weighted by molar-refractivity contribution is 6.48. The van der Waals surface area contributed by atoms with Crippen LogP contribution in [0.4, 0.5) is 8.78 Å². The summed E-state index contributed by atoms with van der Waals surface area (Å²) in [5.41, 5.74) is 0. The molecule has 0 aliphatic carbocycles. The smallest absolute Gasteiger partial charge is 0.216 e. The number of rotatable bonds is 1. The van der Waals surface area contributed by atoms with E-state index in [1.807, 2.05) is 0 Å². The molecule has 0 aromatic carbocycles. The van der Waals surface area contributed by atoms with Crippen molar-refractivity contribution in [2.75, 3.05) is 0 Å². The van der Waals surface area contributed by atoms with Gasteiger partial charge >= 0.3 is 0 Å². The minimum atomic E-state index is -2.56. The van der Waals surface area contributed by atoms with Gasteiger partial charge in [0.05, 0.1) is 6.33 Å². The van der Waals surface area contributed by atoms with E-state index in [9.17, 15) is 8.78 Å². The summed E-state index contributed by atoms with van der Waals surface area (Å²) in [5.74, 6) is 0. The number of alkyl halides is 3. The van der Waals surface area contributed by atoms with Crippen molar-refractivity contribution >= 4 is 23.2 Å². The molecule has 0 saturated heterocycles. The van der Waals surface area contributed by atoms with E-state index >= 15 is 0 Å². The van der Waals surface area contributed by atoms with Crippen LogP contribution in [0.25, 0.3) is 0 Å².